The lowest BCUT2D eigenvalue weighted by Crippen LogP contribution is -2.22. The Labute approximate surface area is 91.1 Å². The molecule has 80 valence electrons. The van der Waals surface area contributed by atoms with Crippen molar-refractivity contribution in [3.8, 4) is 0 Å². The van der Waals surface area contributed by atoms with Gasteiger partial charge in [-0.15, -0.1) is 0 Å². The Kier molecular flexibility index (Phi) is 2.59. The minimum absolute atomic E-state index is 0.438. The predicted octanol–water partition coefficient (Wildman–Crippen LogP) is 3.64. The second-order valence-electron chi connectivity index (χ2n) is 4.52. The van der Waals surface area contributed by atoms with Crippen molar-refractivity contribution in [2.24, 2.45) is 0 Å². The molecule has 0 atom stereocenters. The molecule has 0 amide bonds. The first-order valence-corrected chi connectivity index (χ1v) is 5.71. The zero-order chi connectivity index (χ0) is 11.0. The van der Waals surface area contributed by atoms with Gasteiger partial charge >= 0.3 is 0 Å². The summed E-state index contributed by atoms with van der Waals surface area (Å²) in [6, 6.07) is 0. The third-order valence-electron chi connectivity index (χ3n) is 3.62. The normalized spacial score (nSPS) is 23.1. The molecule has 0 radical (unpaired) electrons. The van der Waals surface area contributed by atoms with Crippen LogP contribution >= 0.6 is 0 Å². The van der Waals surface area contributed by atoms with Crippen molar-refractivity contribution in [3.05, 3.63) is 22.3 Å². The molecule has 2 nitrogen and oxygen atoms in total. The summed E-state index contributed by atoms with van der Waals surface area (Å²) >= 11 is 0. The van der Waals surface area contributed by atoms with E-state index < -0.39 is 0 Å². The van der Waals surface area contributed by atoms with E-state index in [1.807, 2.05) is 13.8 Å². The average molecular weight is 202 g/mol. The smallest absolute Gasteiger partial charge is 0.0824 e. The Morgan fingerprint density at radius 2 is 1.13 bits per heavy atom. The lowest BCUT2D eigenvalue weighted by atomic mass is 9.82. The van der Waals surface area contributed by atoms with Gasteiger partial charge in [0.25, 0.3) is 0 Å². The van der Waals surface area contributed by atoms with Gasteiger partial charge in [-0.05, 0) is 61.8 Å². The highest BCUT2D eigenvalue weighted by atomic mass is 14.6. The van der Waals surface area contributed by atoms with E-state index in [-0.39, 0.29) is 0 Å². The highest BCUT2D eigenvalue weighted by Gasteiger charge is 2.25. The first kappa shape index (κ1) is 10.3. The van der Waals surface area contributed by atoms with Crippen molar-refractivity contribution in [2.45, 2.75) is 46.0 Å². The maximum atomic E-state index is 7.91. The van der Waals surface area contributed by atoms with E-state index in [2.05, 4.69) is 0 Å². The van der Waals surface area contributed by atoms with E-state index in [1.165, 1.54) is 30.4 Å². The van der Waals surface area contributed by atoms with E-state index in [1.54, 1.807) is 0 Å². The van der Waals surface area contributed by atoms with Crippen LogP contribution in [0.1, 0.15) is 46.0 Å². The Morgan fingerprint density at radius 3 is 1.53 bits per heavy atom. The zero-order valence-electron chi connectivity index (χ0n) is 9.54. The molecular formula is C13H18N2. The molecule has 0 aromatic carbocycles. The molecule has 1 fully saturated rings. The van der Waals surface area contributed by atoms with E-state index in [4.69, 9.17) is 10.8 Å². The molecule has 2 aliphatic rings. The predicted molar refractivity (Wildman–Crippen MR) is 63.9 cm³/mol. The molecule has 2 heteroatoms. The second kappa shape index (κ2) is 3.76. The fraction of sp³-hybridized carbons (Fsp3) is 0.538. The van der Waals surface area contributed by atoms with Crippen molar-refractivity contribution in [3.63, 3.8) is 0 Å². The third-order valence-corrected chi connectivity index (χ3v) is 3.62. The van der Waals surface area contributed by atoms with Gasteiger partial charge in [-0.3, -0.25) is 10.8 Å². The van der Waals surface area contributed by atoms with Crippen LogP contribution in [0.15, 0.2) is 22.3 Å². The van der Waals surface area contributed by atoms with Crippen LogP contribution < -0.4 is 0 Å². The van der Waals surface area contributed by atoms with Gasteiger partial charge in [0, 0.05) is 0 Å². The minimum Gasteiger partial charge on any atom is -0.298 e. The molecule has 1 saturated carbocycles. The molecule has 2 N–H and O–H groups in total. The van der Waals surface area contributed by atoms with Crippen LogP contribution in [-0.2, 0) is 0 Å². The topological polar surface area (TPSA) is 47.7 Å². The van der Waals surface area contributed by atoms with Crippen LogP contribution in [0, 0.1) is 10.8 Å². The van der Waals surface area contributed by atoms with Crippen molar-refractivity contribution >= 4 is 11.4 Å². The van der Waals surface area contributed by atoms with Crippen LogP contribution in [0.25, 0.3) is 0 Å². The molecule has 0 bridgehead atoms. The summed E-state index contributed by atoms with van der Waals surface area (Å²) in [5, 5.41) is 15.8. The zero-order valence-corrected chi connectivity index (χ0v) is 9.54. The van der Waals surface area contributed by atoms with E-state index in [0.29, 0.717) is 11.4 Å². The number of hydrogen-bond donors (Lipinski definition) is 2. The number of fused-ring (bicyclic) bond motifs is 1. The van der Waals surface area contributed by atoms with Crippen LogP contribution in [0.4, 0.5) is 0 Å². The fourth-order valence-corrected chi connectivity index (χ4v) is 2.59. The molecule has 0 aliphatic heterocycles. The molecule has 15 heavy (non-hydrogen) atoms. The first-order chi connectivity index (χ1) is 7.13. The summed E-state index contributed by atoms with van der Waals surface area (Å²) in [5.74, 6) is 0. The number of hydrogen-bond acceptors (Lipinski definition) is 2. The van der Waals surface area contributed by atoms with Crippen molar-refractivity contribution in [1.29, 1.82) is 10.8 Å². The number of rotatable bonds is 0. The molecule has 2 rings (SSSR count). The van der Waals surface area contributed by atoms with Gasteiger partial charge in [0.2, 0.25) is 0 Å². The largest absolute Gasteiger partial charge is 0.298 e. The van der Waals surface area contributed by atoms with Gasteiger partial charge in [0.05, 0.1) is 11.4 Å². The number of allylic oxidation sites excluding steroid dienone is 4. The van der Waals surface area contributed by atoms with Crippen molar-refractivity contribution in [1.82, 2.24) is 0 Å². The lowest BCUT2D eigenvalue weighted by molar-refractivity contribution is 0.718. The van der Waals surface area contributed by atoms with Crippen molar-refractivity contribution in [2.75, 3.05) is 0 Å². The minimum atomic E-state index is 0.438. The number of nitrogens with one attached hydrogen (secondary N) is 2. The Balaban J connectivity index is 2.55. The molecule has 0 spiro atoms. The van der Waals surface area contributed by atoms with Gasteiger partial charge in [-0.25, -0.2) is 0 Å². The summed E-state index contributed by atoms with van der Waals surface area (Å²) in [7, 11) is 0. The van der Waals surface area contributed by atoms with Crippen LogP contribution in [0.3, 0.4) is 0 Å². The summed E-state index contributed by atoms with van der Waals surface area (Å²) in [5.41, 5.74) is 5.70. The van der Waals surface area contributed by atoms with Gasteiger partial charge in [-0.1, -0.05) is 6.42 Å². The van der Waals surface area contributed by atoms with Crippen LogP contribution in [0.5, 0.6) is 0 Å². The summed E-state index contributed by atoms with van der Waals surface area (Å²) < 4.78 is 0. The average Bonchev–Trinajstić information content (AvgIpc) is 2.48. The third kappa shape index (κ3) is 1.58. The molecule has 0 saturated heterocycles. The monoisotopic (exact) mass is 202 g/mol. The Hall–Kier alpha value is -1.18. The summed E-state index contributed by atoms with van der Waals surface area (Å²) in [6.07, 6.45) is 5.98. The standard InChI is InChI=1S/C13H18N2/c1-8-10-6-4-3-5-7-11(10)9(2)13(15)12(8)14/h14-15H,3-7H2,1-2H3. The van der Waals surface area contributed by atoms with E-state index in [9.17, 15) is 0 Å². The van der Waals surface area contributed by atoms with Gasteiger partial charge in [0.1, 0.15) is 0 Å². The lowest BCUT2D eigenvalue weighted by Gasteiger charge is -2.23. The van der Waals surface area contributed by atoms with Gasteiger partial charge in [-0.2, -0.15) is 0 Å². The molecule has 0 aromatic heterocycles. The fourth-order valence-electron chi connectivity index (χ4n) is 2.59. The molecule has 0 heterocycles. The Morgan fingerprint density at radius 1 is 0.733 bits per heavy atom. The van der Waals surface area contributed by atoms with Gasteiger partial charge in [0.15, 0.2) is 0 Å². The highest BCUT2D eigenvalue weighted by Crippen LogP contribution is 2.35. The SMILES string of the molecule is CC1=C2CCCCCC2=C(C)C(=N)C1=N. The van der Waals surface area contributed by atoms with E-state index >= 15 is 0 Å². The maximum absolute atomic E-state index is 7.91. The summed E-state index contributed by atoms with van der Waals surface area (Å²) in [6.45, 7) is 4.01. The van der Waals surface area contributed by atoms with Crippen LogP contribution in [-0.4, -0.2) is 11.4 Å². The molecule has 0 unspecified atom stereocenters. The summed E-state index contributed by atoms with van der Waals surface area (Å²) in [4.78, 5) is 0. The van der Waals surface area contributed by atoms with Crippen LogP contribution in [0.2, 0.25) is 0 Å². The molecule has 2 aliphatic carbocycles. The highest BCUT2D eigenvalue weighted by molar-refractivity contribution is 6.52. The molecule has 0 aromatic rings. The second-order valence-corrected chi connectivity index (χ2v) is 4.52. The maximum Gasteiger partial charge on any atom is 0.0824 e. The quantitative estimate of drug-likeness (QED) is 0.563. The van der Waals surface area contributed by atoms with Gasteiger partial charge < -0.3 is 0 Å². The first-order valence-electron chi connectivity index (χ1n) is 5.71. The molecular weight excluding hydrogens is 184 g/mol. The Bertz CT molecular complexity index is 359. The van der Waals surface area contributed by atoms with Crippen molar-refractivity contribution < 1.29 is 0 Å². The van der Waals surface area contributed by atoms with E-state index in [0.717, 1.165) is 24.0 Å².